The van der Waals surface area contributed by atoms with Crippen LogP contribution in [0.5, 0.6) is 5.75 Å². The van der Waals surface area contributed by atoms with E-state index < -0.39 is 0 Å². The molecule has 0 bridgehead atoms. The summed E-state index contributed by atoms with van der Waals surface area (Å²) in [6, 6.07) is 8.08. The largest absolute Gasteiger partial charge is 0.494 e. The summed E-state index contributed by atoms with van der Waals surface area (Å²) in [5.41, 5.74) is 0.865. The van der Waals surface area contributed by atoms with Gasteiger partial charge in [0.25, 0.3) is 0 Å². The Labute approximate surface area is 165 Å². The number of aromatic nitrogens is 2. The SMILES string of the molecule is CCOc1ccc(-c2noc(CCC(=O)N3CCC(NC)CC3)n2)cc1.Cl. The summed E-state index contributed by atoms with van der Waals surface area (Å²) < 4.78 is 10.7. The van der Waals surface area contributed by atoms with Crippen LogP contribution in [0.1, 0.15) is 32.1 Å². The molecule has 7 nitrogen and oxygen atoms in total. The molecule has 0 unspecified atom stereocenters. The Morgan fingerprint density at radius 2 is 2.00 bits per heavy atom. The van der Waals surface area contributed by atoms with Crippen LogP contribution in [-0.4, -0.2) is 53.7 Å². The van der Waals surface area contributed by atoms with Crippen molar-refractivity contribution in [3.63, 3.8) is 0 Å². The Morgan fingerprint density at radius 1 is 1.30 bits per heavy atom. The van der Waals surface area contributed by atoms with Crippen LogP contribution in [0.4, 0.5) is 0 Å². The Morgan fingerprint density at radius 3 is 2.63 bits per heavy atom. The van der Waals surface area contributed by atoms with Crippen molar-refractivity contribution in [2.45, 2.75) is 38.6 Å². The molecule has 0 saturated carbocycles. The van der Waals surface area contributed by atoms with Crippen LogP contribution in [0.2, 0.25) is 0 Å². The van der Waals surface area contributed by atoms with Gasteiger partial charge in [-0.25, -0.2) is 0 Å². The number of carbonyl (C=O) groups excluding carboxylic acids is 1. The van der Waals surface area contributed by atoms with E-state index in [1.807, 2.05) is 43.1 Å². The number of amides is 1. The molecule has 0 spiro atoms. The number of carbonyl (C=O) groups is 1. The number of piperidine rings is 1. The summed E-state index contributed by atoms with van der Waals surface area (Å²) in [6.45, 7) is 4.20. The zero-order valence-corrected chi connectivity index (χ0v) is 16.6. The summed E-state index contributed by atoms with van der Waals surface area (Å²) >= 11 is 0. The van der Waals surface area contributed by atoms with Gasteiger partial charge in [-0.3, -0.25) is 4.79 Å². The first-order chi connectivity index (χ1) is 12.7. The van der Waals surface area contributed by atoms with Crippen molar-refractivity contribution < 1.29 is 14.1 Å². The first kappa shape index (κ1) is 21.2. The Bertz CT molecular complexity index is 712. The number of nitrogens with one attached hydrogen (secondary N) is 1. The van der Waals surface area contributed by atoms with Crippen LogP contribution in [0.25, 0.3) is 11.4 Å². The minimum Gasteiger partial charge on any atom is -0.494 e. The summed E-state index contributed by atoms with van der Waals surface area (Å²) in [5.74, 6) is 1.99. The van der Waals surface area contributed by atoms with E-state index in [-0.39, 0.29) is 18.3 Å². The molecule has 0 aliphatic carbocycles. The zero-order chi connectivity index (χ0) is 18.4. The summed E-state index contributed by atoms with van der Waals surface area (Å²) in [7, 11) is 1.97. The molecule has 0 atom stereocenters. The highest BCUT2D eigenvalue weighted by Crippen LogP contribution is 2.20. The standard InChI is InChI=1S/C19H26N4O3.ClH/c1-3-25-16-6-4-14(5-7-16)19-21-17(26-22-19)8-9-18(24)23-12-10-15(20-2)11-13-23;/h4-7,15,20H,3,8-13H2,1-2H3;1H. The highest BCUT2D eigenvalue weighted by Gasteiger charge is 2.22. The fraction of sp³-hybridized carbons (Fsp3) is 0.526. The number of benzene rings is 1. The average molecular weight is 395 g/mol. The fourth-order valence-corrected chi connectivity index (χ4v) is 3.13. The lowest BCUT2D eigenvalue weighted by Gasteiger charge is -2.31. The smallest absolute Gasteiger partial charge is 0.227 e. The lowest BCUT2D eigenvalue weighted by Crippen LogP contribution is -2.44. The number of rotatable bonds is 7. The van der Waals surface area contributed by atoms with Gasteiger partial charge in [0, 0.05) is 37.5 Å². The van der Waals surface area contributed by atoms with E-state index in [0.717, 1.165) is 37.2 Å². The highest BCUT2D eigenvalue weighted by molar-refractivity contribution is 5.85. The third-order valence-electron chi connectivity index (χ3n) is 4.70. The molecular formula is C19H27ClN4O3. The second-order valence-corrected chi connectivity index (χ2v) is 6.41. The number of aryl methyl sites for hydroxylation is 1. The van der Waals surface area contributed by atoms with E-state index in [9.17, 15) is 4.79 Å². The van der Waals surface area contributed by atoms with Gasteiger partial charge in [0.2, 0.25) is 17.6 Å². The number of nitrogens with zero attached hydrogens (tertiary/aromatic N) is 3. The molecule has 2 aromatic rings. The summed E-state index contributed by atoms with van der Waals surface area (Å²) in [5, 5.41) is 7.28. The maximum absolute atomic E-state index is 12.3. The molecule has 1 aromatic carbocycles. The summed E-state index contributed by atoms with van der Waals surface area (Å²) in [4.78, 5) is 18.7. The van der Waals surface area contributed by atoms with E-state index in [1.165, 1.54) is 0 Å². The first-order valence-corrected chi connectivity index (χ1v) is 9.20. The lowest BCUT2D eigenvalue weighted by molar-refractivity contribution is -0.132. The fourth-order valence-electron chi connectivity index (χ4n) is 3.13. The predicted octanol–water partition coefficient (Wildman–Crippen LogP) is 2.70. The van der Waals surface area contributed by atoms with Crippen molar-refractivity contribution >= 4 is 18.3 Å². The van der Waals surface area contributed by atoms with Gasteiger partial charge in [-0.2, -0.15) is 4.98 Å². The monoisotopic (exact) mass is 394 g/mol. The molecule has 1 aliphatic heterocycles. The Hall–Kier alpha value is -2.12. The van der Waals surface area contributed by atoms with Gasteiger partial charge in [-0.1, -0.05) is 5.16 Å². The number of likely N-dealkylation sites (tertiary alicyclic amines) is 1. The molecule has 2 heterocycles. The van der Waals surface area contributed by atoms with Crippen molar-refractivity contribution in [3.8, 4) is 17.1 Å². The van der Waals surface area contributed by atoms with Gasteiger partial charge in [-0.15, -0.1) is 12.4 Å². The number of ether oxygens (including phenoxy) is 1. The molecule has 1 aliphatic rings. The Kier molecular flexibility index (Phi) is 8.06. The van der Waals surface area contributed by atoms with E-state index in [4.69, 9.17) is 9.26 Å². The molecule has 27 heavy (non-hydrogen) atoms. The number of halogens is 1. The molecule has 1 fully saturated rings. The third-order valence-corrected chi connectivity index (χ3v) is 4.70. The predicted molar refractivity (Wildman–Crippen MR) is 105 cm³/mol. The molecule has 0 radical (unpaired) electrons. The average Bonchev–Trinajstić information content (AvgIpc) is 3.16. The molecular weight excluding hydrogens is 368 g/mol. The van der Waals surface area contributed by atoms with Crippen molar-refractivity contribution in [2.24, 2.45) is 0 Å². The number of hydrogen-bond donors (Lipinski definition) is 1. The topological polar surface area (TPSA) is 80.5 Å². The van der Waals surface area contributed by atoms with Crippen molar-refractivity contribution in [1.29, 1.82) is 0 Å². The van der Waals surface area contributed by atoms with Crippen LogP contribution >= 0.6 is 12.4 Å². The molecule has 1 aromatic heterocycles. The van der Waals surface area contributed by atoms with Crippen LogP contribution in [0.3, 0.4) is 0 Å². The van der Waals surface area contributed by atoms with Gasteiger partial charge in [0.1, 0.15) is 5.75 Å². The lowest BCUT2D eigenvalue weighted by atomic mass is 10.0. The van der Waals surface area contributed by atoms with Crippen molar-refractivity contribution in [3.05, 3.63) is 30.2 Å². The zero-order valence-electron chi connectivity index (χ0n) is 15.8. The van der Waals surface area contributed by atoms with Gasteiger partial charge in [0.15, 0.2) is 0 Å². The summed E-state index contributed by atoms with van der Waals surface area (Å²) in [6.07, 6.45) is 2.87. The minimum absolute atomic E-state index is 0. The van der Waals surface area contributed by atoms with E-state index >= 15 is 0 Å². The molecule has 1 N–H and O–H groups in total. The van der Waals surface area contributed by atoms with Gasteiger partial charge in [0.05, 0.1) is 6.61 Å². The Balaban J connectivity index is 0.00000261. The molecule has 8 heteroatoms. The maximum atomic E-state index is 12.3. The van der Waals surface area contributed by atoms with Crippen LogP contribution in [-0.2, 0) is 11.2 Å². The minimum atomic E-state index is 0. The highest BCUT2D eigenvalue weighted by atomic mass is 35.5. The van der Waals surface area contributed by atoms with Gasteiger partial charge >= 0.3 is 0 Å². The second kappa shape index (κ2) is 10.3. The molecule has 1 amide bonds. The van der Waals surface area contributed by atoms with E-state index in [2.05, 4.69) is 15.5 Å². The third kappa shape index (κ3) is 5.68. The van der Waals surface area contributed by atoms with Crippen LogP contribution in [0, 0.1) is 0 Å². The van der Waals surface area contributed by atoms with E-state index in [0.29, 0.717) is 37.2 Å². The maximum Gasteiger partial charge on any atom is 0.227 e. The van der Waals surface area contributed by atoms with Gasteiger partial charge < -0.3 is 19.5 Å². The quantitative estimate of drug-likeness (QED) is 0.777. The molecule has 3 rings (SSSR count). The van der Waals surface area contributed by atoms with Crippen molar-refractivity contribution in [2.75, 3.05) is 26.7 Å². The molecule has 148 valence electrons. The van der Waals surface area contributed by atoms with E-state index in [1.54, 1.807) is 0 Å². The van der Waals surface area contributed by atoms with Crippen LogP contribution < -0.4 is 10.1 Å². The first-order valence-electron chi connectivity index (χ1n) is 9.20. The second-order valence-electron chi connectivity index (χ2n) is 6.41. The van der Waals surface area contributed by atoms with Crippen LogP contribution in [0.15, 0.2) is 28.8 Å². The van der Waals surface area contributed by atoms with Gasteiger partial charge in [-0.05, 0) is 51.1 Å². The molecule has 1 saturated heterocycles. The van der Waals surface area contributed by atoms with Crippen molar-refractivity contribution in [1.82, 2.24) is 20.4 Å². The number of hydrogen-bond acceptors (Lipinski definition) is 6. The normalized spacial score (nSPS) is 14.7.